The lowest BCUT2D eigenvalue weighted by Gasteiger charge is -2.25. The monoisotopic (exact) mass is 341 g/mol. The van der Waals surface area contributed by atoms with Gasteiger partial charge in [0.05, 0.1) is 11.5 Å². The van der Waals surface area contributed by atoms with Crippen LogP contribution in [0.5, 0.6) is 0 Å². The van der Waals surface area contributed by atoms with Crippen LogP contribution < -0.4 is 10.2 Å². The Bertz CT molecular complexity index is 610. The number of aryl methyl sites for hydroxylation is 1. The number of hydrogen-bond donors (Lipinski definition) is 2. The molecular weight excluding hydrogens is 318 g/mol. The Morgan fingerprint density at radius 2 is 1.83 bits per heavy atom. The molecule has 1 aliphatic rings. The number of carbonyl (C=O) groups excluding carboxylic acids is 1. The van der Waals surface area contributed by atoms with Crippen LogP contribution in [0.2, 0.25) is 0 Å². The van der Waals surface area contributed by atoms with Gasteiger partial charge in [-0.2, -0.15) is 0 Å². The van der Waals surface area contributed by atoms with Crippen LogP contribution in [0.4, 0.5) is 4.79 Å². The first-order valence-electron chi connectivity index (χ1n) is 7.71. The van der Waals surface area contributed by atoms with E-state index in [1.807, 2.05) is 11.6 Å². The molecule has 0 unspecified atom stereocenters. The number of amides is 2. The lowest BCUT2D eigenvalue weighted by Crippen LogP contribution is -2.41. The molecule has 8 heteroatoms. The van der Waals surface area contributed by atoms with Crippen molar-refractivity contribution in [3.05, 3.63) is 29.8 Å². The summed E-state index contributed by atoms with van der Waals surface area (Å²) in [7, 11) is -3.89. The van der Waals surface area contributed by atoms with Gasteiger partial charge in [-0.25, -0.2) is 23.4 Å². The minimum atomic E-state index is -3.89. The number of benzene rings is 1. The maximum absolute atomic E-state index is 12.0. The Morgan fingerprint density at radius 3 is 2.48 bits per heavy atom. The highest BCUT2D eigenvalue weighted by Crippen LogP contribution is 2.09. The van der Waals surface area contributed by atoms with Crippen LogP contribution >= 0.6 is 0 Å². The SMILES string of the molecule is Cc1ccc(S(=O)(=O)NC(=O)NOCCN2CCCCC2)cc1. The number of nitrogens with zero attached hydrogens (tertiary/aromatic N) is 1. The molecule has 0 bridgehead atoms. The standard InChI is InChI=1S/C15H23N3O4S/c1-13-5-7-14(8-6-13)23(20,21)17-15(19)16-22-12-11-18-9-3-2-4-10-18/h5-8H,2-4,9-12H2,1H3,(H2,16,17,19). The smallest absolute Gasteiger partial charge is 0.301 e. The average Bonchev–Trinajstić information content (AvgIpc) is 2.52. The summed E-state index contributed by atoms with van der Waals surface area (Å²) in [6, 6.07) is 5.33. The minimum absolute atomic E-state index is 0.0339. The molecule has 1 aliphatic heterocycles. The maximum Gasteiger partial charge on any atom is 0.352 e. The zero-order chi connectivity index (χ0) is 16.7. The highest BCUT2D eigenvalue weighted by molar-refractivity contribution is 7.90. The van der Waals surface area contributed by atoms with Crippen molar-refractivity contribution in [2.75, 3.05) is 26.2 Å². The number of nitrogens with one attached hydrogen (secondary N) is 2. The average molecular weight is 341 g/mol. The molecule has 1 heterocycles. The summed E-state index contributed by atoms with van der Waals surface area (Å²) in [6.45, 7) is 4.96. The van der Waals surface area contributed by atoms with Crippen molar-refractivity contribution in [1.29, 1.82) is 0 Å². The van der Waals surface area contributed by atoms with Gasteiger partial charge in [-0.3, -0.25) is 4.84 Å². The second kappa shape index (κ2) is 8.28. The van der Waals surface area contributed by atoms with E-state index in [4.69, 9.17) is 4.84 Å². The molecule has 0 spiro atoms. The molecule has 1 fully saturated rings. The van der Waals surface area contributed by atoms with E-state index in [0.717, 1.165) is 18.7 Å². The second-order valence-electron chi connectivity index (χ2n) is 5.60. The molecule has 0 aromatic heterocycles. The van der Waals surface area contributed by atoms with Crippen molar-refractivity contribution < 1.29 is 18.0 Å². The fourth-order valence-electron chi connectivity index (χ4n) is 2.39. The molecule has 0 radical (unpaired) electrons. The van der Waals surface area contributed by atoms with E-state index in [2.05, 4.69) is 10.4 Å². The van der Waals surface area contributed by atoms with E-state index in [1.54, 1.807) is 12.1 Å². The topological polar surface area (TPSA) is 87.7 Å². The Hall–Kier alpha value is -1.64. The summed E-state index contributed by atoms with van der Waals surface area (Å²) in [5, 5.41) is 0. The van der Waals surface area contributed by atoms with Gasteiger partial charge in [-0.1, -0.05) is 24.1 Å². The van der Waals surface area contributed by atoms with Crippen molar-refractivity contribution in [3.63, 3.8) is 0 Å². The highest BCUT2D eigenvalue weighted by atomic mass is 32.2. The van der Waals surface area contributed by atoms with E-state index < -0.39 is 16.1 Å². The fourth-order valence-corrected chi connectivity index (χ4v) is 3.29. The normalized spacial score (nSPS) is 16.0. The first-order chi connectivity index (χ1) is 11.0. The van der Waals surface area contributed by atoms with Crippen molar-refractivity contribution in [2.45, 2.75) is 31.1 Å². The molecule has 2 amide bonds. The third kappa shape index (κ3) is 5.81. The minimum Gasteiger partial charge on any atom is -0.301 e. The molecule has 0 atom stereocenters. The van der Waals surface area contributed by atoms with Crippen LogP contribution in [0, 0.1) is 6.92 Å². The molecule has 1 saturated heterocycles. The number of hydroxylamine groups is 1. The summed E-state index contributed by atoms with van der Waals surface area (Å²) in [6.07, 6.45) is 3.63. The van der Waals surface area contributed by atoms with Crippen molar-refractivity contribution in [1.82, 2.24) is 15.1 Å². The molecule has 2 rings (SSSR count). The number of rotatable bonds is 6. The maximum atomic E-state index is 12.0. The third-order valence-corrected chi connectivity index (χ3v) is 5.03. The first-order valence-corrected chi connectivity index (χ1v) is 9.19. The van der Waals surface area contributed by atoms with Gasteiger partial charge >= 0.3 is 6.03 Å². The summed E-state index contributed by atoms with van der Waals surface area (Å²) < 4.78 is 25.9. The first kappa shape index (κ1) is 17.7. The summed E-state index contributed by atoms with van der Waals surface area (Å²) in [5.74, 6) is 0. The number of hydrogen-bond acceptors (Lipinski definition) is 5. The van der Waals surface area contributed by atoms with Crippen LogP contribution in [0.1, 0.15) is 24.8 Å². The number of piperidine rings is 1. The predicted molar refractivity (Wildman–Crippen MR) is 86.3 cm³/mol. The Labute approximate surface area is 137 Å². The van der Waals surface area contributed by atoms with Crippen LogP contribution in [-0.4, -0.2) is 45.6 Å². The lowest BCUT2D eigenvalue weighted by atomic mass is 10.1. The number of urea groups is 1. The third-order valence-electron chi connectivity index (χ3n) is 3.68. The number of carbonyl (C=O) groups is 1. The van der Waals surface area contributed by atoms with Crippen LogP contribution in [-0.2, 0) is 14.9 Å². The van der Waals surface area contributed by atoms with Crippen LogP contribution in [0.25, 0.3) is 0 Å². The molecule has 128 valence electrons. The van der Waals surface area contributed by atoms with Crippen molar-refractivity contribution >= 4 is 16.1 Å². The van der Waals surface area contributed by atoms with Gasteiger partial charge in [-0.15, -0.1) is 0 Å². The van der Waals surface area contributed by atoms with Crippen molar-refractivity contribution in [2.24, 2.45) is 0 Å². The van der Waals surface area contributed by atoms with E-state index in [9.17, 15) is 13.2 Å². The number of likely N-dealkylation sites (tertiary alicyclic amines) is 1. The second-order valence-corrected chi connectivity index (χ2v) is 7.28. The van der Waals surface area contributed by atoms with E-state index >= 15 is 0 Å². The zero-order valence-corrected chi connectivity index (χ0v) is 14.1. The highest BCUT2D eigenvalue weighted by Gasteiger charge is 2.17. The summed E-state index contributed by atoms with van der Waals surface area (Å²) in [5.41, 5.74) is 3.04. The molecule has 0 aliphatic carbocycles. The van der Waals surface area contributed by atoms with Crippen molar-refractivity contribution in [3.8, 4) is 0 Å². The van der Waals surface area contributed by atoms with Crippen LogP contribution in [0.3, 0.4) is 0 Å². The van der Waals surface area contributed by atoms with Gasteiger partial charge in [-0.05, 0) is 45.0 Å². The fraction of sp³-hybridized carbons (Fsp3) is 0.533. The largest absolute Gasteiger partial charge is 0.352 e. The van der Waals surface area contributed by atoms with Gasteiger partial charge in [0.15, 0.2) is 0 Å². The Morgan fingerprint density at radius 1 is 1.17 bits per heavy atom. The Kier molecular flexibility index (Phi) is 6.37. The molecule has 0 saturated carbocycles. The number of sulfonamides is 1. The molecule has 1 aromatic rings. The summed E-state index contributed by atoms with van der Waals surface area (Å²) >= 11 is 0. The zero-order valence-electron chi connectivity index (χ0n) is 13.2. The van der Waals surface area contributed by atoms with Gasteiger partial charge in [0.25, 0.3) is 10.0 Å². The molecule has 1 aromatic carbocycles. The molecule has 7 nitrogen and oxygen atoms in total. The lowest BCUT2D eigenvalue weighted by molar-refractivity contribution is 0.0432. The van der Waals surface area contributed by atoms with Gasteiger partial charge in [0, 0.05) is 6.54 Å². The van der Waals surface area contributed by atoms with E-state index in [0.29, 0.717) is 13.2 Å². The molecule has 2 N–H and O–H groups in total. The van der Waals surface area contributed by atoms with Gasteiger partial charge in [0.2, 0.25) is 0 Å². The molecular formula is C15H23N3O4S. The predicted octanol–water partition coefficient (Wildman–Crippen LogP) is 1.40. The van der Waals surface area contributed by atoms with E-state index in [1.165, 1.54) is 31.4 Å². The quantitative estimate of drug-likeness (QED) is 0.603. The van der Waals surface area contributed by atoms with Crippen LogP contribution in [0.15, 0.2) is 29.2 Å². The van der Waals surface area contributed by atoms with Gasteiger partial charge in [0.1, 0.15) is 0 Å². The van der Waals surface area contributed by atoms with E-state index in [-0.39, 0.29) is 4.90 Å². The Balaban J connectivity index is 1.72. The van der Waals surface area contributed by atoms with Gasteiger partial charge < -0.3 is 4.90 Å². The summed E-state index contributed by atoms with van der Waals surface area (Å²) in [4.78, 5) is 18.9. The molecule has 23 heavy (non-hydrogen) atoms.